The van der Waals surface area contributed by atoms with Gasteiger partial charge in [-0.3, -0.25) is 9.59 Å². The van der Waals surface area contributed by atoms with Gasteiger partial charge in [0.1, 0.15) is 0 Å². The first-order valence-electron chi connectivity index (χ1n) is 8.57. The van der Waals surface area contributed by atoms with E-state index in [1.54, 1.807) is 6.07 Å². The van der Waals surface area contributed by atoms with E-state index < -0.39 is 0 Å². The van der Waals surface area contributed by atoms with Crippen LogP contribution in [0, 0.1) is 6.92 Å². The van der Waals surface area contributed by atoms with E-state index in [-0.39, 0.29) is 17.6 Å². The molecule has 2 N–H and O–H groups in total. The Morgan fingerprint density at radius 3 is 2.62 bits per heavy atom. The second-order valence-electron chi connectivity index (χ2n) is 5.93. The summed E-state index contributed by atoms with van der Waals surface area (Å²) in [7, 11) is 0. The standard InChI is InChI=1S/C20H23ClN2O2S/c1-3-4-11-19(24)22-15-7-5-8-16(12-15)26-13-20(25)23-18-10-6-9-17(21)14(18)2/h5-10,12H,3-4,11,13H2,1-2H3,(H,22,24)(H,23,25). The summed E-state index contributed by atoms with van der Waals surface area (Å²) < 4.78 is 0. The smallest absolute Gasteiger partial charge is 0.234 e. The molecule has 6 heteroatoms. The Kier molecular flexibility index (Phi) is 8.01. The molecule has 2 amide bonds. The summed E-state index contributed by atoms with van der Waals surface area (Å²) in [6, 6.07) is 13.0. The fourth-order valence-electron chi connectivity index (χ4n) is 2.30. The van der Waals surface area contributed by atoms with E-state index in [1.807, 2.05) is 43.3 Å². The zero-order chi connectivity index (χ0) is 18.9. The van der Waals surface area contributed by atoms with Gasteiger partial charge in [0.25, 0.3) is 0 Å². The Hall–Kier alpha value is -1.98. The number of unbranched alkanes of at least 4 members (excludes halogenated alkanes) is 1. The van der Waals surface area contributed by atoms with Gasteiger partial charge in [0.15, 0.2) is 0 Å². The Bertz CT molecular complexity index is 780. The summed E-state index contributed by atoms with van der Waals surface area (Å²) in [5.41, 5.74) is 2.33. The van der Waals surface area contributed by atoms with E-state index in [4.69, 9.17) is 11.6 Å². The topological polar surface area (TPSA) is 58.2 Å². The number of rotatable bonds is 8. The van der Waals surface area contributed by atoms with Crippen molar-refractivity contribution in [3.63, 3.8) is 0 Å². The summed E-state index contributed by atoms with van der Waals surface area (Å²) in [4.78, 5) is 24.9. The number of hydrogen-bond acceptors (Lipinski definition) is 3. The van der Waals surface area contributed by atoms with Crippen LogP contribution in [0.5, 0.6) is 0 Å². The fourth-order valence-corrected chi connectivity index (χ4v) is 3.23. The molecule has 0 spiro atoms. The molecule has 2 rings (SSSR count). The third-order valence-electron chi connectivity index (χ3n) is 3.79. The largest absolute Gasteiger partial charge is 0.326 e. The number of nitrogens with one attached hydrogen (secondary N) is 2. The SMILES string of the molecule is CCCCC(=O)Nc1cccc(SCC(=O)Nc2cccc(Cl)c2C)c1. The molecule has 0 aliphatic carbocycles. The Morgan fingerprint density at radius 1 is 1.08 bits per heavy atom. The Balaban J connectivity index is 1.88. The maximum Gasteiger partial charge on any atom is 0.234 e. The van der Waals surface area contributed by atoms with E-state index in [1.165, 1.54) is 11.8 Å². The molecule has 138 valence electrons. The van der Waals surface area contributed by atoms with Crippen molar-refractivity contribution in [1.82, 2.24) is 0 Å². The molecule has 0 aliphatic heterocycles. The molecule has 0 saturated carbocycles. The van der Waals surface area contributed by atoms with Gasteiger partial charge >= 0.3 is 0 Å². The minimum Gasteiger partial charge on any atom is -0.326 e. The van der Waals surface area contributed by atoms with Crippen LogP contribution >= 0.6 is 23.4 Å². The molecule has 0 radical (unpaired) electrons. The molecule has 0 atom stereocenters. The average molecular weight is 391 g/mol. The van der Waals surface area contributed by atoms with Gasteiger partial charge in [-0.05, 0) is 49.2 Å². The zero-order valence-corrected chi connectivity index (χ0v) is 16.5. The lowest BCUT2D eigenvalue weighted by Gasteiger charge is -2.10. The van der Waals surface area contributed by atoms with Crippen molar-refractivity contribution in [2.24, 2.45) is 0 Å². The quantitative estimate of drug-likeness (QED) is 0.584. The number of anilines is 2. The van der Waals surface area contributed by atoms with Crippen molar-refractivity contribution in [2.45, 2.75) is 38.0 Å². The highest BCUT2D eigenvalue weighted by Crippen LogP contribution is 2.25. The van der Waals surface area contributed by atoms with Crippen LogP contribution in [0.15, 0.2) is 47.4 Å². The third kappa shape index (κ3) is 6.39. The van der Waals surface area contributed by atoms with E-state index in [9.17, 15) is 9.59 Å². The van der Waals surface area contributed by atoms with Gasteiger partial charge in [0, 0.05) is 27.7 Å². The molecule has 0 saturated heterocycles. The first-order valence-corrected chi connectivity index (χ1v) is 9.93. The lowest BCUT2D eigenvalue weighted by atomic mass is 10.2. The molecule has 0 aliphatic rings. The third-order valence-corrected chi connectivity index (χ3v) is 5.19. The average Bonchev–Trinajstić information content (AvgIpc) is 2.62. The van der Waals surface area contributed by atoms with Crippen LogP contribution in [-0.4, -0.2) is 17.6 Å². The number of halogens is 1. The van der Waals surface area contributed by atoms with Gasteiger partial charge < -0.3 is 10.6 Å². The van der Waals surface area contributed by atoms with Crippen molar-refractivity contribution in [3.8, 4) is 0 Å². The second-order valence-corrected chi connectivity index (χ2v) is 7.38. The van der Waals surface area contributed by atoms with Crippen molar-refractivity contribution in [1.29, 1.82) is 0 Å². The number of hydrogen-bond donors (Lipinski definition) is 2. The molecule has 0 heterocycles. The van der Waals surface area contributed by atoms with Gasteiger partial charge in [-0.25, -0.2) is 0 Å². The molecule has 2 aromatic rings. The fraction of sp³-hybridized carbons (Fsp3) is 0.300. The first kappa shape index (κ1) is 20.3. The van der Waals surface area contributed by atoms with Gasteiger partial charge in [0.2, 0.25) is 11.8 Å². The van der Waals surface area contributed by atoms with Crippen LogP contribution in [0.2, 0.25) is 5.02 Å². The highest BCUT2D eigenvalue weighted by Gasteiger charge is 2.08. The molecular weight excluding hydrogens is 368 g/mol. The van der Waals surface area contributed by atoms with Gasteiger partial charge in [0.05, 0.1) is 5.75 Å². The van der Waals surface area contributed by atoms with Crippen LogP contribution in [0.25, 0.3) is 0 Å². The Labute approximate surface area is 163 Å². The summed E-state index contributed by atoms with van der Waals surface area (Å²) >= 11 is 7.49. The van der Waals surface area contributed by atoms with E-state index in [0.29, 0.717) is 11.4 Å². The summed E-state index contributed by atoms with van der Waals surface area (Å²) in [5.74, 6) is 0.194. The van der Waals surface area contributed by atoms with E-state index in [0.717, 1.165) is 34.7 Å². The molecule has 2 aromatic carbocycles. The zero-order valence-electron chi connectivity index (χ0n) is 15.0. The number of carbonyl (C=O) groups excluding carboxylic acids is 2. The van der Waals surface area contributed by atoms with Crippen molar-refractivity contribution in [2.75, 3.05) is 16.4 Å². The van der Waals surface area contributed by atoms with Crippen LogP contribution in [0.4, 0.5) is 11.4 Å². The molecule has 4 nitrogen and oxygen atoms in total. The van der Waals surface area contributed by atoms with Gasteiger partial charge in [-0.2, -0.15) is 0 Å². The van der Waals surface area contributed by atoms with Crippen LogP contribution in [0.1, 0.15) is 31.7 Å². The van der Waals surface area contributed by atoms with Crippen LogP contribution in [-0.2, 0) is 9.59 Å². The molecule has 0 bridgehead atoms. The van der Waals surface area contributed by atoms with Crippen LogP contribution < -0.4 is 10.6 Å². The minimum absolute atomic E-state index is 0.0168. The normalized spacial score (nSPS) is 10.4. The van der Waals surface area contributed by atoms with E-state index >= 15 is 0 Å². The second kappa shape index (κ2) is 10.2. The predicted octanol–water partition coefficient (Wildman–Crippen LogP) is 5.51. The number of amides is 2. The summed E-state index contributed by atoms with van der Waals surface area (Å²) in [6.07, 6.45) is 2.39. The summed E-state index contributed by atoms with van der Waals surface area (Å²) in [5, 5.41) is 6.39. The van der Waals surface area contributed by atoms with Crippen molar-refractivity contribution < 1.29 is 9.59 Å². The van der Waals surface area contributed by atoms with Gasteiger partial charge in [-0.1, -0.05) is 37.1 Å². The molecule has 0 unspecified atom stereocenters. The molecule has 0 aromatic heterocycles. The Morgan fingerprint density at radius 2 is 1.85 bits per heavy atom. The number of carbonyl (C=O) groups is 2. The van der Waals surface area contributed by atoms with Crippen molar-refractivity contribution in [3.05, 3.63) is 53.1 Å². The van der Waals surface area contributed by atoms with Crippen molar-refractivity contribution >= 4 is 46.6 Å². The minimum atomic E-state index is -0.0993. The lowest BCUT2D eigenvalue weighted by Crippen LogP contribution is -2.15. The van der Waals surface area contributed by atoms with Crippen LogP contribution in [0.3, 0.4) is 0 Å². The summed E-state index contributed by atoms with van der Waals surface area (Å²) in [6.45, 7) is 3.93. The van der Waals surface area contributed by atoms with E-state index in [2.05, 4.69) is 17.6 Å². The highest BCUT2D eigenvalue weighted by atomic mass is 35.5. The van der Waals surface area contributed by atoms with Gasteiger partial charge in [-0.15, -0.1) is 11.8 Å². The molecule has 26 heavy (non-hydrogen) atoms. The highest BCUT2D eigenvalue weighted by molar-refractivity contribution is 8.00. The maximum absolute atomic E-state index is 12.2. The lowest BCUT2D eigenvalue weighted by molar-refractivity contribution is -0.116. The molecular formula is C20H23ClN2O2S. The first-order chi connectivity index (χ1) is 12.5. The monoisotopic (exact) mass is 390 g/mol. The number of thioether (sulfide) groups is 1. The predicted molar refractivity (Wildman–Crippen MR) is 110 cm³/mol. The number of benzene rings is 2. The molecule has 0 fully saturated rings. The maximum atomic E-state index is 12.2.